The molecule has 27 heavy (non-hydrogen) atoms. The van der Waals surface area contributed by atoms with E-state index < -0.39 is 0 Å². The van der Waals surface area contributed by atoms with Gasteiger partial charge in [0.1, 0.15) is 17.5 Å². The Hall–Kier alpha value is -2.97. The number of anilines is 2. The van der Waals surface area contributed by atoms with Gasteiger partial charge in [0.25, 0.3) is 5.91 Å². The van der Waals surface area contributed by atoms with Crippen molar-refractivity contribution in [3.8, 4) is 6.01 Å². The second-order valence-corrected chi connectivity index (χ2v) is 6.66. The summed E-state index contributed by atoms with van der Waals surface area (Å²) in [5.41, 5.74) is 0.804. The number of aryl methyl sites for hydroxylation is 2. The molecule has 0 spiro atoms. The highest BCUT2D eigenvalue weighted by molar-refractivity contribution is 5.78. The first kappa shape index (κ1) is 18.8. The molecule has 9 heteroatoms. The maximum absolute atomic E-state index is 12.4. The van der Waals surface area contributed by atoms with Gasteiger partial charge in [-0.1, -0.05) is 0 Å². The molecule has 2 aromatic rings. The third-order valence-electron chi connectivity index (χ3n) is 4.32. The van der Waals surface area contributed by atoms with Crippen molar-refractivity contribution in [2.24, 2.45) is 0 Å². The smallest absolute Gasteiger partial charge is 0.317 e. The molecular weight excluding hydrogens is 346 g/mol. The predicted octanol–water partition coefficient (Wildman–Crippen LogP) is 0.677. The van der Waals surface area contributed by atoms with Gasteiger partial charge in [-0.05, 0) is 19.9 Å². The first-order valence-electron chi connectivity index (χ1n) is 8.90. The van der Waals surface area contributed by atoms with Gasteiger partial charge in [0, 0.05) is 58.2 Å². The molecule has 0 atom stereocenters. The standard InChI is InChI=1S/C18H25N7O2/c1-13-5-6-19-18(20-13)27-12-17(26)25-9-7-24(8-10-25)16-11-15(23(3)4)21-14(2)22-16/h5-6,11H,7-10,12H2,1-4H3. The summed E-state index contributed by atoms with van der Waals surface area (Å²) >= 11 is 0. The summed E-state index contributed by atoms with van der Waals surface area (Å²) in [6.45, 7) is 6.37. The fraction of sp³-hybridized carbons (Fsp3) is 0.500. The molecule has 1 fully saturated rings. The molecule has 9 nitrogen and oxygen atoms in total. The fourth-order valence-corrected chi connectivity index (χ4v) is 2.83. The molecule has 3 rings (SSSR count). The van der Waals surface area contributed by atoms with Crippen molar-refractivity contribution >= 4 is 17.5 Å². The number of aromatic nitrogens is 4. The zero-order valence-corrected chi connectivity index (χ0v) is 16.2. The maximum atomic E-state index is 12.4. The Morgan fingerprint density at radius 3 is 2.56 bits per heavy atom. The van der Waals surface area contributed by atoms with Crippen molar-refractivity contribution in [2.75, 3.05) is 56.7 Å². The molecule has 0 N–H and O–H groups in total. The molecule has 0 aromatic carbocycles. The Balaban J connectivity index is 1.55. The lowest BCUT2D eigenvalue weighted by Crippen LogP contribution is -2.50. The van der Waals surface area contributed by atoms with E-state index in [9.17, 15) is 4.79 Å². The van der Waals surface area contributed by atoms with Gasteiger partial charge in [0.15, 0.2) is 6.61 Å². The monoisotopic (exact) mass is 371 g/mol. The highest BCUT2D eigenvalue weighted by atomic mass is 16.5. The number of carbonyl (C=O) groups excluding carboxylic acids is 1. The van der Waals surface area contributed by atoms with Crippen molar-refractivity contribution in [1.82, 2.24) is 24.8 Å². The molecule has 1 aliphatic heterocycles. The number of hydrogen-bond donors (Lipinski definition) is 0. The van der Waals surface area contributed by atoms with Gasteiger partial charge >= 0.3 is 6.01 Å². The van der Waals surface area contributed by atoms with Crippen molar-refractivity contribution in [1.29, 1.82) is 0 Å². The van der Waals surface area contributed by atoms with Gasteiger partial charge in [-0.25, -0.2) is 19.9 Å². The summed E-state index contributed by atoms with van der Waals surface area (Å²) in [5.74, 6) is 2.44. The van der Waals surface area contributed by atoms with Crippen molar-refractivity contribution in [3.05, 3.63) is 29.8 Å². The van der Waals surface area contributed by atoms with Crippen LogP contribution in [0.3, 0.4) is 0 Å². The molecule has 1 aliphatic rings. The van der Waals surface area contributed by atoms with Gasteiger partial charge in [0.2, 0.25) is 0 Å². The van der Waals surface area contributed by atoms with Crippen LogP contribution in [-0.2, 0) is 4.79 Å². The van der Waals surface area contributed by atoms with Crippen LogP contribution in [0.1, 0.15) is 11.5 Å². The predicted molar refractivity (Wildman–Crippen MR) is 102 cm³/mol. The number of hydrogen-bond acceptors (Lipinski definition) is 8. The second-order valence-electron chi connectivity index (χ2n) is 6.66. The summed E-state index contributed by atoms with van der Waals surface area (Å²) in [7, 11) is 3.92. The van der Waals surface area contributed by atoms with Crippen molar-refractivity contribution < 1.29 is 9.53 Å². The van der Waals surface area contributed by atoms with E-state index in [1.807, 2.05) is 38.9 Å². The number of nitrogens with zero attached hydrogens (tertiary/aromatic N) is 7. The van der Waals surface area contributed by atoms with Crippen LogP contribution < -0.4 is 14.5 Å². The van der Waals surface area contributed by atoms with Gasteiger partial charge in [-0.15, -0.1) is 0 Å². The van der Waals surface area contributed by atoms with E-state index in [1.165, 1.54) is 0 Å². The fourth-order valence-electron chi connectivity index (χ4n) is 2.83. The van der Waals surface area contributed by atoms with E-state index in [0.717, 1.165) is 36.2 Å². The molecule has 2 aromatic heterocycles. The summed E-state index contributed by atoms with van der Waals surface area (Å²) in [6, 6.07) is 3.99. The lowest BCUT2D eigenvalue weighted by Gasteiger charge is -2.35. The average molecular weight is 371 g/mol. The van der Waals surface area contributed by atoms with E-state index in [-0.39, 0.29) is 18.5 Å². The van der Waals surface area contributed by atoms with Crippen LogP contribution in [0.15, 0.2) is 18.3 Å². The highest BCUT2D eigenvalue weighted by Crippen LogP contribution is 2.19. The largest absolute Gasteiger partial charge is 0.453 e. The minimum Gasteiger partial charge on any atom is -0.453 e. The molecule has 0 aliphatic carbocycles. The first-order valence-corrected chi connectivity index (χ1v) is 8.90. The minimum absolute atomic E-state index is 0.0547. The molecule has 144 valence electrons. The minimum atomic E-state index is -0.0624. The summed E-state index contributed by atoms with van der Waals surface area (Å²) in [4.78, 5) is 35.4. The van der Waals surface area contributed by atoms with Gasteiger partial charge in [-0.3, -0.25) is 4.79 Å². The first-order chi connectivity index (χ1) is 12.9. The van der Waals surface area contributed by atoms with Crippen LogP contribution in [0.5, 0.6) is 6.01 Å². The van der Waals surface area contributed by atoms with Crippen LogP contribution >= 0.6 is 0 Å². The Bertz CT molecular complexity index is 804. The van der Waals surface area contributed by atoms with Crippen LogP contribution in [0.25, 0.3) is 0 Å². The number of amides is 1. The molecule has 0 unspecified atom stereocenters. The van der Waals surface area contributed by atoms with Gasteiger partial charge < -0.3 is 19.4 Å². The van der Waals surface area contributed by atoms with Crippen LogP contribution in [0, 0.1) is 13.8 Å². The van der Waals surface area contributed by atoms with Crippen LogP contribution in [0.4, 0.5) is 11.6 Å². The average Bonchev–Trinajstić information content (AvgIpc) is 2.66. The van der Waals surface area contributed by atoms with E-state index in [4.69, 9.17) is 4.74 Å². The van der Waals surface area contributed by atoms with Gasteiger partial charge in [0.05, 0.1) is 0 Å². The summed E-state index contributed by atoms with van der Waals surface area (Å²) in [5, 5.41) is 0. The highest BCUT2D eigenvalue weighted by Gasteiger charge is 2.23. The van der Waals surface area contributed by atoms with E-state index >= 15 is 0 Å². The lowest BCUT2D eigenvalue weighted by atomic mass is 10.3. The topological polar surface area (TPSA) is 87.6 Å². The zero-order valence-electron chi connectivity index (χ0n) is 16.2. The Morgan fingerprint density at radius 1 is 1.15 bits per heavy atom. The Labute approximate surface area is 159 Å². The second kappa shape index (κ2) is 8.15. The molecule has 0 saturated carbocycles. The number of carbonyl (C=O) groups is 1. The van der Waals surface area contributed by atoms with Crippen LogP contribution in [-0.4, -0.2) is 77.6 Å². The van der Waals surface area contributed by atoms with E-state index in [2.05, 4.69) is 24.8 Å². The lowest BCUT2D eigenvalue weighted by molar-refractivity contribution is -0.133. The molecule has 1 amide bonds. The van der Waals surface area contributed by atoms with Crippen LogP contribution in [0.2, 0.25) is 0 Å². The molecule has 0 radical (unpaired) electrons. The third kappa shape index (κ3) is 4.81. The van der Waals surface area contributed by atoms with Gasteiger partial charge in [-0.2, -0.15) is 0 Å². The number of ether oxygens (including phenoxy) is 1. The molecule has 1 saturated heterocycles. The van der Waals surface area contributed by atoms with E-state index in [1.54, 1.807) is 17.2 Å². The normalized spacial score (nSPS) is 14.2. The summed E-state index contributed by atoms with van der Waals surface area (Å²) < 4.78 is 5.42. The van der Waals surface area contributed by atoms with E-state index in [0.29, 0.717) is 13.1 Å². The Morgan fingerprint density at radius 2 is 1.89 bits per heavy atom. The molecule has 0 bridgehead atoms. The number of piperazine rings is 1. The van der Waals surface area contributed by atoms with Crippen molar-refractivity contribution in [3.63, 3.8) is 0 Å². The molecule has 3 heterocycles. The third-order valence-corrected chi connectivity index (χ3v) is 4.32. The van der Waals surface area contributed by atoms with Crippen molar-refractivity contribution in [2.45, 2.75) is 13.8 Å². The SMILES string of the molecule is Cc1ccnc(OCC(=O)N2CCN(c3cc(N(C)C)nc(C)n3)CC2)n1. The quantitative estimate of drug-likeness (QED) is 0.758. The molecular formula is C18H25N7O2. The summed E-state index contributed by atoms with van der Waals surface area (Å²) in [6.07, 6.45) is 1.62. The Kier molecular flexibility index (Phi) is 5.68. The number of rotatable bonds is 5. The zero-order chi connectivity index (χ0) is 19.4. The maximum Gasteiger partial charge on any atom is 0.317 e.